The lowest BCUT2D eigenvalue weighted by atomic mass is 9.81. The summed E-state index contributed by atoms with van der Waals surface area (Å²) < 4.78 is 10.9. The zero-order valence-corrected chi connectivity index (χ0v) is 16.4. The van der Waals surface area contributed by atoms with Crippen molar-refractivity contribution < 1.29 is 19.1 Å². The predicted molar refractivity (Wildman–Crippen MR) is 96.9 cm³/mol. The van der Waals surface area contributed by atoms with Gasteiger partial charge in [0.2, 0.25) is 0 Å². The molecule has 1 unspecified atom stereocenters. The number of hydrogen-bond acceptors (Lipinski definition) is 6. The van der Waals surface area contributed by atoms with Crippen LogP contribution in [-0.4, -0.2) is 36.5 Å². The number of halogens is 2. The Labute approximate surface area is 159 Å². The minimum Gasteiger partial charge on any atom is -0.466 e. The number of rotatable bonds is 5. The van der Waals surface area contributed by atoms with Gasteiger partial charge in [-0.05, 0) is 41.4 Å². The number of hydrogen-bond donors (Lipinski definition) is 1. The summed E-state index contributed by atoms with van der Waals surface area (Å²) in [6.45, 7) is 3.60. The number of carbonyl (C=O) groups is 2. The van der Waals surface area contributed by atoms with Crippen LogP contribution in [0.15, 0.2) is 45.5 Å². The van der Waals surface area contributed by atoms with Gasteiger partial charge in [0, 0.05) is 28.3 Å². The van der Waals surface area contributed by atoms with Crippen molar-refractivity contribution in [1.82, 2.24) is 10.3 Å². The summed E-state index contributed by atoms with van der Waals surface area (Å²) >= 11 is 8.98. The van der Waals surface area contributed by atoms with E-state index in [-0.39, 0.29) is 12.5 Å². The lowest BCUT2D eigenvalue weighted by Crippen LogP contribution is -2.32. The van der Waals surface area contributed by atoms with Gasteiger partial charge in [0.1, 0.15) is 6.61 Å². The number of nitrogens with one attached hydrogen (secondary N) is 1. The van der Waals surface area contributed by atoms with E-state index >= 15 is 0 Å². The largest absolute Gasteiger partial charge is 0.466 e. The third-order valence-corrected chi connectivity index (χ3v) is 4.34. The number of methoxy groups -OCH3 is 1. The molecule has 0 fully saturated rings. The second-order valence-corrected chi connectivity index (χ2v) is 6.68. The van der Waals surface area contributed by atoms with E-state index in [9.17, 15) is 9.59 Å². The molecule has 1 aromatic rings. The molecule has 0 bridgehead atoms. The molecule has 1 atom stereocenters. The SMILES string of the molecule is COC(=O)C1=C(C)NC(C)=C(C(=O)OCCCl)C1c1cncc(Br)c1. The van der Waals surface area contributed by atoms with Crippen LogP contribution in [0.25, 0.3) is 0 Å². The van der Waals surface area contributed by atoms with Crippen LogP contribution in [0.3, 0.4) is 0 Å². The average Bonchev–Trinajstić information content (AvgIpc) is 2.58. The number of ether oxygens (including phenoxy) is 2. The third kappa shape index (κ3) is 4.22. The number of alkyl halides is 1. The zero-order valence-electron chi connectivity index (χ0n) is 14.1. The maximum atomic E-state index is 12.6. The maximum absolute atomic E-state index is 12.6. The molecule has 8 heteroatoms. The highest BCUT2D eigenvalue weighted by Gasteiger charge is 2.38. The molecule has 1 N–H and O–H groups in total. The van der Waals surface area contributed by atoms with Crippen LogP contribution < -0.4 is 5.32 Å². The van der Waals surface area contributed by atoms with E-state index in [1.165, 1.54) is 7.11 Å². The second-order valence-electron chi connectivity index (χ2n) is 5.39. The van der Waals surface area contributed by atoms with E-state index < -0.39 is 17.9 Å². The fourth-order valence-electron chi connectivity index (χ4n) is 2.77. The molecule has 0 spiro atoms. The van der Waals surface area contributed by atoms with Gasteiger partial charge in [0.25, 0.3) is 0 Å². The third-order valence-electron chi connectivity index (χ3n) is 3.76. The van der Waals surface area contributed by atoms with Gasteiger partial charge < -0.3 is 14.8 Å². The highest BCUT2D eigenvalue weighted by molar-refractivity contribution is 9.10. The molecule has 25 heavy (non-hydrogen) atoms. The summed E-state index contributed by atoms with van der Waals surface area (Å²) in [5.41, 5.74) is 2.56. The first kappa shape index (κ1) is 19.5. The first-order valence-electron chi connectivity index (χ1n) is 7.51. The van der Waals surface area contributed by atoms with Gasteiger partial charge in [-0.25, -0.2) is 9.59 Å². The van der Waals surface area contributed by atoms with Crippen LogP contribution >= 0.6 is 27.5 Å². The Kier molecular flexibility index (Phi) is 6.61. The van der Waals surface area contributed by atoms with E-state index in [0.717, 1.165) is 4.47 Å². The van der Waals surface area contributed by atoms with Crippen LogP contribution in [0.2, 0.25) is 0 Å². The fourth-order valence-corrected chi connectivity index (χ4v) is 3.23. The summed E-state index contributed by atoms with van der Waals surface area (Å²) in [5.74, 6) is -1.52. The summed E-state index contributed by atoms with van der Waals surface area (Å²) in [5, 5.41) is 3.06. The van der Waals surface area contributed by atoms with Gasteiger partial charge in [0.05, 0.1) is 30.1 Å². The summed E-state index contributed by atoms with van der Waals surface area (Å²) in [4.78, 5) is 29.1. The van der Waals surface area contributed by atoms with E-state index in [1.807, 2.05) is 0 Å². The summed E-state index contributed by atoms with van der Waals surface area (Å²) in [6, 6.07) is 1.81. The standard InChI is InChI=1S/C17H18BrClN2O4/c1-9-13(16(22)24-3)15(11-6-12(18)8-20-7-11)14(10(2)21-9)17(23)25-5-4-19/h6-8,15,21H,4-5H2,1-3H3. The molecule has 0 radical (unpaired) electrons. The molecule has 6 nitrogen and oxygen atoms in total. The van der Waals surface area contributed by atoms with Gasteiger partial charge in [-0.1, -0.05) is 0 Å². The van der Waals surface area contributed by atoms with Crippen molar-refractivity contribution in [2.45, 2.75) is 19.8 Å². The number of aromatic nitrogens is 1. The molecule has 0 aromatic carbocycles. The van der Waals surface area contributed by atoms with Crippen LogP contribution in [0, 0.1) is 0 Å². The molecule has 2 heterocycles. The Morgan fingerprint density at radius 3 is 2.44 bits per heavy atom. The lowest BCUT2D eigenvalue weighted by Gasteiger charge is -2.30. The summed E-state index contributed by atoms with van der Waals surface area (Å²) in [6.07, 6.45) is 3.24. The van der Waals surface area contributed by atoms with Crippen molar-refractivity contribution in [1.29, 1.82) is 0 Å². The molecule has 0 saturated carbocycles. The molecular formula is C17H18BrClN2O4. The maximum Gasteiger partial charge on any atom is 0.336 e. The Morgan fingerprint density at radius 1 is 1.24 bits per heavy atom. The average molecular weight is 430 g/mol. The smallest absolute Gasteiger partial charge is 0.336 e. The van der Waals surface area contributed by atoms with Crippen molar-refractivity contribution >= 4 is 39.5 Å². The molecule has 0 aliphatic carbocycles. The Balaban J connectivity index is 2.61. The molecule has 0 saturated heterocycles. The summed E-state index contributed by atoms with van der Waals surface area (Å²) in [7, 11) is 1.30. The predicted octanol–water partition coefficient (Wildman–Crippen LogP) is 3.03. The van der Waals surface area contributed by atoms with Crippen molar-refractivity contribution in [3.63, 3.8) is 0 Å². The Morgan fingerprint density at radius 2 is 1.88 bits per heavy atom. The van der Waals surface area contributed by atoms with Gasteiger partial charge in [-0.3, -0.25) is 4.98 Å². The van der Waals surface area contributed by atoms with Crippen molar-refractivity contribution in [3.8, 4) is 0 Å². The Bertz CT molecular complexity index is 761. The lowest BCUT2D eigenvalue weighted by molar-refractivity contribution is -0.139. The molecule has 0 amide bonds. The minimum absolute atomic E-state index is 0.0802. The van der Waals surface area contributed by atoms with Crippen molar-refractivity contribution in [3.05, 3.63) is 51.0 Å². The number of dihydropyridines is 1. The van der Waals surface area contributed by atoms with Crippen molar-refractivity contribution in [2.24, 2.45) is 0 Å². The highest BCUT2D eigenvalue weighted by Crippen LogP contribution is 2.39. The number of pyridine rings is 1. The van der Waals surface area contributed by atoms with Crippen LogP contribution in [0.5, 0.6) is 0 Å². The van der Waals surface area contributed by atoms with Crippen LogP contribution in [-0.2, 0) is 19.1 Å². The first-order valence-corrected chi connectivity index (χ1v) is 8.83. The highest BCUT2D eigenvalue weighted by atomic mass is 79.9. The van der Waals surface area contributed by atoms with Crippen LogP contribution in [0.4, 0.5) is 0 Å². The number of carbonyl (C=O) groups excluding carboxylic acids is 2. The molecule has 1 aliphatic heterocycles. The second kappa shape index (κ2) is 8.49. The molecule has 1 aromatic heterocycles. The minimum atomic E-state index is -0.651. The number of esters is 2. The van der Waals surface area contributed by atoms with Crippen LogP contribution in [0.1, 0.15) is 25.3 Å². The van der Waals surface area contributed by atoms with E-state index in [1.54, 1.807) is 32.3 Å². The topological polar surface area (TPSA) is 77.5 Å². The van der Waals surface area contributed by atoms with Crippen molar-refractivity contribution in [2.75, 3.05) is 19.6 Å². The van der Waals surface area contributed by atoms with Gasteiger partial charge in [0.15, 0.2) is 0 Å². The first-order chi connectivity index (χ1) is 11.9. The van der Waals surface area contributed by atoms with Gasteiger partial charge >= 0.3 is 11.9 Å². The molecule has 2 rings (SSSR count). The monoisotopic (exact) mass is 428 g/mol. The number of allylic oxidation sites excluding steroid dienone is 2. The quantitative estimate of drug-likeness (QED) is 0.573. The molecule has 134 valence electrons. The number of nitrogens with zero attached hydrogens (tertiary/aromatic N) is 1. The van der Waals surface area contributed by atoms with Gasteiger partial charge in [-0.2, -0.15) is 0 Å². The Hall–Kier alpha value is -1.86. The molecule has 1 aliphatic rings. The fraction of sp³-hybridized carbons (Fsp3) is 0.353. The molecular weight excluding hydrogens is 412 g/mol. The van der Waals surface area contributed by atoms with E-state index in [2.05, 4.69) is 26.2 Å². The van der Waals surface area contributed by atoms with E-state index in [4.69, 9.17) is 21.1 Å². The van der Waals surface area contributed by atoms with E-state index in [0.29, 0.717) is 28.1 Å². The van der Waals surface area contributed by atoms with Gasteiger partial charge in [-0.15, -0.1) is 11.6 Å². The zero-order chi connectivity index (χ0) is 18.6. The normalized spacial score (nSPS) is 17.2.